The van der Waals surface area contributed by atoms with Crippen molar-refractivity contribution < 1.29 is 18.7 Å². The summed E-state index contributed by atoms with van der Waals surface area (Å²) in [5.74, 6) is 2.14. The number of amides is 2. The number of benzene rings is 2. The van der Waals surface area contributed by atoms with Gasteiger partial charge in [0.25, 0.3) is 0 Å². The standard InChI is InChI=1S/C22H22N2O4/c1-2-24(14-16-10-11-18-20(13-16)28-15-27-18)22(25)23-21(19-9-6-12-26-19)17-7-4-3-5-8-17/h3-13,21H,2,14-15H2,1H3,(H,23,25). The highest BCUT2D eigenvalue weighted by Crippen LogP contribution is 2.33. The van der Waals surface area contributed by atoms with Crippen LogP contribution in [-0.4, -0.2) is 24.3 Å². The maximum Gasteiger partial charge on any atom is 0.318 e. The van der Waals surface area contributed by atoms with Crippen molar-refractivity contribution in [1.29, 1.82) is 0 Å². The van der Waals surface area contributed by atoms with Crippen LogP contribution in [0.2, 0.25) is 0 Å². The van der Waals surface area contributed by atoms with Gasteiger partial charge >= 0.3 is 6.03 Å². The van der Waals surface area contributed by atoms with Crippen molar-refractivity contribution in [2.45, 2.75) is 19.5 Å². The Balaban J connectivity index is 1.51. The number of hydrogen-bond donors (Lipinski definition) is 1. The van der Waals surface area contributed by atoms with Crippen molar-refractivity contribution in [2.75, 3.05) is 13.3 Å². The first-order chi connectivity index (χ1) is 13.7. The number of ether oxygens (including phenoxy) is 2. The van der Waals surface area contributed by atoms with E-state index in [2.05, 4.69) is 5.32 Å². The van der Waals surface area contributed by atoms with Gasteiger partial charge in [-0.05, 0) is 42.3 Å². The number of urea groups is 1. The Morgan fingerprint density at radius 1 is 1.07 bits per heavy atom. The van der Waals surface area contributed by atoms with Crippen molar-refractivity contribution in [2.24, 2.45) is 0 Å². The Kier molecular flexibility index (Phi) is 5.19. The summed E-state index contributed by atoms with van der Waals surface area (Å²) in [6.07, 6.45) is 1.61. The van der Waals surface area contributed by atoms with E-state index in [4.69, 9.17) is 13.9 Å². The van der Waals surface area contributed by atoms with Crippen LogP contribution in [0.1, 0.15) is 29.9 Å². The maximum absolute atomic E-state index is 13.0. The first kappa shape index (κ1) is 18.0. The normalized spacial score (nSPS) is 13.2. The van der Waals surface area contributed by atoms with E-state index in [0.717, 1.165) is 16.9 Å². The number of fused-ring (bicyclic) bond motifs is 1. The molecule has 0 bridgehead atoms. The number of nitrogens with zero attached hydrogens (tertiary/aromatic N) is 1. The molecule has 0 spiro atoms. The van der Waals surface area contributed by atoms with Gasteiger partial charge < -0.3 is 24.1 Å². The van der Waals surface area contributed by atoms with Crippen LogP contribution in [0.5, 0.6) is 11.5 Å². The van der Waals surface area contributed by atoms with E-state index >= 15 is 0 Å². The van der Waals surface area contributed by atoms with Crippen LogP contribution in [0.4, 0.5) is 4.79 Å². The molecule has 4 rings (SSSR count). The van der Waals surface area contributed by atoms with Gasteiger partial charge in [-0.2, -0.15) is 0 Å². The van der Waals surface area contributed by atoms with Crippen LogP contribution in [0, 0.1) is 0 Å². The van der Waals surface area contributed by atoms with Crippen LogP contribution in [0.3, 0.4) is 0 Å². The highest BCUT2D eigenvalue weighted by molar-refractivity contribution is 5.75. The lowest BCUT2D eigenvalue weighted by atomic mass is 10.0. The summed E-state index contributed by atoms with van der Waals surface area (Å²) in [5.41, 5.74) is 1.94. The van der Waals surface area contributed by atoms with Gasteiger partial charge in [0, 0.05) is 13.1 Å². The fraction of sp³-hybridized carbons (Fsp3) is 0.227. The summed E-state index contributed by atoms with van der Waals surface area (Å²) in [5, 5.41) is 3.10. The molecule has 1 aliphatic rings. The fourth-order valence-corrected chi connectivity index (χ4v) is 3.22. The van der Waals surface area contributed by atoms with Crippen molar-refractivity contribution in [3.8, 4) is 11.5 Å². The highest BCUT2D eigenvalue weighted by atomic mass is 16.7. The molecule has 1 N–H and O–H groups in total. The number of nitrogens with one attached hydrogen (secondary N) is 1. The van der Waals surface area contributed by atoms with Crippen LogP contribution in [0.15, 0.2) is 71.3 Å². The third kappa shape index (κ3) is 3.81. The van der Waals surface area contributed by atoms with Crippen molar-refractivity contribution in [3.05, 3.63) is 83.8 Å². The Bertz CT molecular complexity index is 925. The zero-order valence-electron chi connectivity index (χ0n) is 15.6. The van der Waals surface area contributed by atoms with Gasteiger partial charge in [-0.25, -0.2) is 4.79 Å². The maximum atomic E-state index is 13.0. The van der Waals surface area contributed by atoms with Gasteiger partial charge in [0.05, 0.1) is 6.26 Å². The van der Waals surface area contributed by atoms with Crippen LogP contribution < -0.4 is 14.8 Å². The van der Waals surface area contributed by atoms with Gasteiger partial charge in [-0.15, -0.1) is 0 Å². The Morgan fingerprint density at radius 3 is 2.64 bits per heavy atom. The van der Waals surface area contributed by atoms with Gasteiger partial charge in [-0.1, -0.05) is 36.4 Å². The largest absolute Gasteiger partial charge is 0.467 e. The second-order valence-electron chi connectivity index (χ2n) is 6.51. The molecule has 1 aliphatic heterocycles. The summed E-state index contributed by atoms with van der Waals surface area (Å²) in [6, 6.07) is 18.7. The highest BCUT2D eigenvalue weighted by Gasteiger charge is 2.23. The van der Waals surface area contributed by atoms with E-state index in [1.807, 2.05) is 67.6 Å². The van der Waals surface area contributed by atoms with Gasteiger partial charge in [0.1, 0.15) is 11.8 Å². The molecule has 0 radical (unpaired) electrons. The minimum Gasteiger partial charge on any atom is -0.467 e. The third-order valence-corrected chi connectivity index (χ3v) is 4.71. The lowest BCUT2D eigenvalue weighted by molar-refractivity contribution is 0.173. The average molecular weight is 378 g/mol. The SMILES string of the molecule is CCN(Cc1ccc2c(c1)OCO2)C(=O)NC(c1ccccc1)c1ccco1. The fourth-order valence-electron chi connectivity index (χ4n) is 3.22. The second-order valence-corrected chi connectivity index (χ2v) is 6.51. The number of furan rings is 1. The molecule has 28 heavy (non-hydrogen) atoms. The first-order valence-electron chi connectivity index (χ1n) is 9.27. The smallest absolute Gasteiger partial charge is 0.318 e. The minimum atomic E-state index is -0.352. The third-order valence-electron chi connectivity index (χ3n) is 4.71. The zero-order valence-corrected chi connectivity index (χ0v) is 15.6. The molecule has 1 aromatic heterocycles. The van der Waals surface area contributed by atoms with E-state index < -0.39 is 0 Å². The molecule has 3 aromatic rings. The Hall–Kier alpha value is -3.41. The molecular formula is C22H22N2O4. The number of hydrogen-bond acceptors (Lipinski definition) is 4. The summed E-state index contributed by atoms with van der Waals surface area (Å²) >= 11 is 0. The molecule has 2 heterocycles. The van der Waals surface area contributed by atoms with Crippen molar-refractivity contribution in [3.63, 3.8) is 0 Å². The van der Waals surface area contributed by atoms with Crippen LogP contribution in [0.25, 0.3) is 0 Å². The molecule has 6 heteroatoms. The average Bonchev–Trinajstić information content (AvgIpc) is 3.42. The van der Waals surface area contributed by atoms with E-state index in [9.17, 15) is 4.79 Å². The number of carbonyl (C=O) groups excluding carboxylic acids is 1. The predicted molar refractivity (Wildman–Crippen MR) is 104 cm³/mol. The molecule has 1 atom stereocenters. The monoisotopic (exact) mass is 378 g/mol. The van der Waals surface area contributed by atoms with E-state index in [1.165, 1.54) is 0 Å². The number of rotatable bonds is 6. The summed E-state index contributed by atoms with van der Waals surface area (Å²) < 4.78 is 16.4. The number of carbonyl (C=O) groups is 1. The van der Waals surface area contributed by atoms with Crippen molar-refractivity contribution >= 4 is 6.03 Å². The van der Waals surface area contributed by atoms with Gasteiger partial charge in [-0.3, -0.25) is 0 Å². The topological polar surface area (TPSA) is 63.9 Å². The molecule has 0 aliphatic carbocycles. The molecule has 6 nitrogen and oxygen atoms in total. The molecule has 2 amide bonds. The Labute approximate surface area is 163 Å². The summed E-state index contributed by atoms with van der Waals surface area (Å²) in [7, 11) is 0. The van der Waals surface area contributed by atoms with Gasteiger partial charge in [0.15, 0.2) is 11.5 Å². The molecule has 144 valence electrons. The van der Waals surface area contributed by atoms with E-state index in [0.29, 0.717) is 24.6 Å². The molecular weight excluding hydrogens is 356 g/mol. The first-order valence-corrected chi connectivity index (χ1v) is 9.27. The van der Waals surface area contributed by atoms with Crippen LogP contribution in [-0.2, 0) is 6.54 Å². The van der Waals surface area contributed by atoms with Crippen molar-refractivity contribution in [1.82, 2.24) is 10.2 Å². The predicted octanol–water partition coefficient (Wildman–Crippen LogP) is 4.33. The summed E-state index contributed by atoms with van der Waals surface area (Å²) in [6.45, 7) is 3.23. The lowest BCUT2D eigenvalue weighted by Crippen LogP contribution is -2.41. The molecule has 1 unspecified atom stereocenters. The zero-order chi connectivity index (χ0) is 19.3. The summed E-state index contributed by atoms with van der Waals surface area (Å²) in [4.78, 5) is 14.8. The molecule has 0 fully saturated rings. The lowest BCUT2D eigenvalue weighted by Gasteiger charge is -2.25. The van der Waals surface area contributed by atoms with E-state index in [-0.39, 0.29) is 18.9 Å². The quantitative estimate of drug-likeness (QED) is 0.693. The second kappa shape index (κ2) is 8.08. The Morgan fingerprint density at radius 2 is 1.89 bits per heavy atom. The molecule has 0 saturated heterocycles. The van der Waals surface area contributed by atoms with Crippen LogP contribution >= 0.6 is 0 Å². The minimum absolute atomic E-state index is 0.162. The molecule has 2 aromatic carbocycles. The van der Waals surface area contributed by atoms with Gasteiger partial charge in [0.2, 0.25) is 6.79 Å². The van der Waals surface area contributed by atoms with E-state index in [1.54, 1.807) is 11.2 Å². The molecule has 0 saturated carbocycles.